The third-order valence-corrected chi connectivity index (χ3v) is 5.62. The molecule has 0 saturated carbocycles. The Kier molecular flexibility index (Phi) is 4.68. The molecule has 0 unspecified atom stereocenters. The molecular formula is C21H14FNO2S2. The maximum atomic E-state index is 14.2. The molecule has 0 bridgehead atoms. The van der Waals surface area contributed by atoms with Gasteiger partial charge in [-0.05, 0) is 35.0 Å². The Hall–Kier alpha value is -2.70. The van der Waals surface area contributed by atoms with Crippen LogP contribution in [0.15, 0.2) is 65.6 Å². The Balaban J connectivity index is 1.82. The first-order chi connectivity index (χ1) is 13.1. The molecule has 4 rings (SSSR count). The second-order valence-corrected chi connectivity index (χ2v) is 7.55. The largest absolute Gasteiger partial charge is 0.496 e. The molecule has 1 heterocycles. The zero-order chi connectivity index (χ0) is 19.0. The van der Waals surface area contributed by atoms with E-state index in [4.69, 9.17) is 17.0 Å². The molecular weight excluding hydrogens is 381 g/mol. The van der Waals surface area contributed by atoms with Crippen LogP contribution in [0.4, 0.5) is 10.1 Å². The molecule has 3 aromatic carbocycles. The third kappa shape index (κ3) is 3.11. The van der Waals surface area contributed by atoms with Crippen molar-refractivity contribution < 1.29 is 13.9 Å². The second-order valence-electron chi connectivity index (χ2n) is 5.87. The minimum Gasteiger partial charge on any atom is -0.496 e. The number of benzene rings is 3. The molecule has 1 aliphatic rings. The average molecular weight is 395 g/mol. The number of rotatable bonds is 3. The number of fused-ring (bicyclic) bond motifs is 1. The highest BCUT2D eigenvalue weighted by Gasteiger charge is 2.35. The van der Waals surface area contributed by atoms with E-state index in [1.165, 1.54) is 11.0 Å². The number of carbonyl (C=O) groups is 1. The van der Waals surface area contributed by atoms with Gasteiger partial charge in [0.2, 0.25) is 0 Å². The van der Waals surface area contributed by atoms with Crippen molar-refractivity contribution in [3.8, 4) is 5.75 Å². The van der Waals surface area contributed by atoms with Crippen molar-refractivity contribution >= 4 is 56.7 Å². The maximum absolute atomic E-state index is 14.2. The van der Waals surface area contributed by atoms with Gasteiger partial charge in [-0.25, -0.2) is 4.39 Å². The summed E-state index contributed by atoms with van der Waals surface area (Å²) >= 11 is 6.49. The van der Waals surface area contributed by atoms with Crippen LogP contribution in [0.3, 0.4) is 0 Å². The summed E-state index contributed by atoms with van der Waals surface area (Å²) in [7, 11) is 1.59. The molecule has 27 heavy (non-hydrogen) atoms. The van der Waals surface area contributed by atoms with Crippen LogP contribution in [-0.4, -0.2) is 17.3 Å². The number of carbonyl (C=O) groups excluding carboxylic acids is 1. The first-order valence-corrected chi connectivity index (χ1v) is 9.41. The molecule has 0 atom stereocenters. The number of thiocarbonyl (C=S) groups is 1. The van der Waals surface area contributed by atoms with Crippen LogP contribution in [0, 0.1) is 5.82 Å². The number of amides is 1. The molecule has 0 radical (unpaired) electrons. The zero-order valence-electron chi connectivity index (χ0n) is 14.3. The van der Waals surface area contributed by atoms with Crippen LogP contribution in [0.1, 0.15) is 5.56 Å². The molecule has 6 heteroatoms. The van der Waals surface area contributed by atoms with E-state index < -0.39 is 5.82 Å². The SMILES string of the molecule is COc1ccc2ccccc2c1/C=C1\SC(=S)N(c2ccccc2F)C1=O. The summed E-state index contributed by atoms with van der Waals surface area (Å²) in [6.45, 7) is 0. The molecule has 0 aromatic heterocycles. The maximum Gasteiger partial charge on any atom is 0.270 e. The lowest BCUT2D eigenvalue weighted by atomic mass is 10.0. The van der Waals surface area contributed by atoms with Crippen molar-refractivity contribution in [2.45, 2.75) is 0 Å². The minimum atomic E-state index is -0.488. The number of methoxy groups -OCH3 is 1. The summed E-state index contributed by atoms with van der Waals surface area (Å²) in [5.41, 5.74) is 0.956. The van der Waals surface area contributed by atoms with Crippen molar-refractivity contribution in [3.05, 3.63) is 76.9 Å². The fourth-order valence-corrected chi connectivity index (χ4v) is 4.31. The van der Waals surface area contributed by atoms with Gasteiger partial charge >= 0.3 is 0 Å². The summed E-state index contributed by atoms with van der Waals surface area (Å²) < 4.78 is 20.0. The number of hydrogen-bond donors (Lipinski definition) is 0. The van der Waals surface area contributed by atoms with Gasteiger partial charge in [-0.3, -0.25) is 9.69 Å². The minimum absolute atomic E-state index is 0.160. The van der Waals surface area contributed by atoms with Crippen molar-refractivity contribution in [1.82, 2.24) is 0 Å². The summed E-state index contributed by atoms with van der Waals surface area (Å²) in [5.74, 6) is -0.173. The summed E-state index contributed by atoms with van der Waals surface area (Å²) in [6, 6.07) is 17.8. The van der Waals surface area contributed by atoms with E-state index in [1.807, 2.05) is 36.4 Å². The summed E-state index contributed by atoms with van der Waals surface area (Å²) in [4.78, 5) is 14.6. The van der Waals surface area contributed by atoms with Crippen LogP contribution in [0.25, 0.3) is 16.8 Å². The number of thioether (sulfide) groups is 1. The Morgan fingerprint density at radius 3 is 2.59 bits per heavy atom. The molecule has 1 aliphatic heterocycles. The molecule has 3 aromatic rings. The number of hydrogen-bond acceptors (Lipinski definition) is 4. The van der Waals surface area contributed by atoms with E-state index in [-0.39, 0.29) is 11.6 Å². The van der Waals surface area contributed by atoms with Gasteiger partial charge in [0, 0.05) is 5.56 Å². The highest BCUT2D eigenvalue weighted by Crippen LogP contribution is 2.39. The summed E-state index contributed by atoms with van der Waals surface area (Å²) in [6.07, 6.45) is 1.77. The molecule has 3 nitrogen and oxygen atoms in total. The van der Waals surface area contributed by atoms with Gasteiger partial charge in [0.1, 0.15) is 11.6 Å². The lowest BCUT2D eigenvalue weighted by Gasteiger charge is -2.15. The van der Waals surface area contributed by atoms with E-state index in [2.05, 4.69) is 0 Å². The van der Waals surface area contributed by atoms with Crippen molar-refractivity contribution in [1.29, 1.82) is 0 Å². The molecule has 0 aliphatic carbocycles. The van der Waals surface area contributed by atoms with Gasteiger partial charge < -0.3 is 4.74 Å². The van der Waals surface area contributed by atoms with Gasteiger partial charge in [0.05, 0.1) is 17.7 Å². The third-order valence-electron chi connectivity index (χ3n) is 4.31. The second kappa shape index (κ2) is 7.13. The standard InChI is InChI=1S/C21H14FNO2S2/c1-25-18-11-10-13-6-2-3-7-14(13)15(18)12-19-20(24)23(21(26)27-19)17-9-5-4-8-16(17)22/h2-12H,1H3/b19-12-. The van der Waals surface area contributed by atoms with Crippen molar-refractivity contribution in [3.63, 3.8) is 0 Å². The average Bonchev–Trinajstić information content (AvgIpc) is 2.96. The number of ether oxygens (including phenoxy) is 1. The van der Waals surface area contributed by atoms with Crippen LogP contribution in [-0.2, 0) is 4.79 Å². The first kappa shape index (κ1) is 17.7. The molecule has 1 amide bonds. The zero-order valence-corrected chi connectivity index (χ0v) is 15.9. The Morgan fingerprint density at radius 2 is 1.81 bits per heavy atom. The Morgan fingerprint density at radius 1 is 1.07 bits per heavy atom. The van der Waals surface area contributed by atoms with Gasteiger partial charge in [0.15, 0.2) is 4.32 Å². The van der Waals surface area contributed by atoms with Crippen LogP contribution >= 0.6 is 24.0 Å². The molecule has 1 saturated heterocycles. The van der Waals surface area contributed by atoms with Gasteiger partial charge in [-0.15, -0.1) is 0 Å². The van der Waals surface area contributed by atoms with Crippen LogP contribution in [0.5, 0.6) is 5.75 Å². The molecule has 0 N–H and O–H groups in total. The van der Waals surface area contributed by atoms with Crippen molar-refractivity contribution in [2.75, 3.05) is 12.0 Å². The molecule has 1 fully saturated rings. The molecule has 134 valence electrons. The predicted octanol–water partition coefficient (Wildman–Crippen LogP) is 5.39. The highest BCUT2D eigenvalue weighted by molar-refractivity contribution is 8.27. The normalized spacial score (nSPS) is 15.8. The van der Waals surface area contributed by atoms with E-state index in [0.29, 0.717) is 15.0 Å². The quantitative estimate of drug-likeness (QED) is 0.439. The van der Waals surface area contributed by atoms with E-state index in [9.17, 15) is 9.18 Å². The van der Waals surface area contributed by atoms with E-state index in [1.54, 1.807) is 31.4 Å². The van der Waals surface area contributed by atoms with Gasteiger partial charge in [-0.2, -0.15) is 0 Å². The van der Waals surface area contributed by atoms with Crippen LogP contribution in [0.2, 0.25) is 0 Å². The molecule has 0 spiro atoms. The topological polar surface area (TPSA) is 29.5 Å². The highest BCUT2D eigenvalue weighted by atomic mass is 32.2. The first-order valence-electron chi connectivity index (χ1n) is 8.18. The Labute approximate surface area is 165 Å². The predicted molar refractivity (Wildman–Crippen MR) is 113 cm³/mol. The number of halogens is 1. The summed E-state index contributed by atoms with van der Waals surface area (Å²) in [5, 5.41) is 2.00. The van der Waals surface area contributed by atoms with Crippen LogP contribution < -0.4 is 9.64 Å². The smallest absolute Gasteiger partial charge is 0.270 e. The van der Waals surface area contributed by atoms with Gasteiger partial charge in [-0.1, -0.05) is 66.4 Å². The number of nitrogens with zero attached hydrogens (tertiary/aromatic N) is 1. The lowest BCUT2D eigenvalue weighted by Crippen LogP contribution is -2.28. The van der Waals surface area contributed by atoms with Crippen molar-refractivity contribution in [2.24, 2.45) is 0 Å². The fourth-order valence-electron chi connectivity index (χ4n) is 3.04. The monoisotopic (exact) mass is 395 g/mol. The lowest BCUT2D eigenvalue weighted by molar-refractivity contribution is -0.113. The van der Waals surface area contributed by atoms with E-state index >= 15 is 0 Å². The fraction of sp³-hybridized carbons (Fsp3) is 0.0476. The Bertz CT molecular complexity index is 1110. The van der Waals surface area contributed by atoms with E-state index in [0.717, 1.165) is 28.1 Å². The number of anilines is 1. The van der Waals surface area contributed by atoms with Gasteiger partial charge in [0.25, 0.3) is 5.91 Å². The number of para-hydroxylation sites is 1.